The molecule has 1 amide bonds. The monoisotopic (exact) mass is 614 g/mol. The quantitative estimate of drug-likeness (QED) is 0.146. The maximum Gasteiger partial charge on any atom is 0.341 e. The Balaban J connectivity index is 1.45. The maximum atomic E-state index is 12.9. The number of benzene rings is 2. The van der Waals surface area contributed by atoms with E-state index in [9.17, 15) is 9.59 Å². The zero-order valence-corrected chi connectivity index (χ0v) is 24.4. The summed E-state index contributed by atoms with van der Waals surface area (Å²) >= 11 is 6.00. The predicted molar refractivity (Wildman–Crippen MR) is 154 cm³/mol. The van der Waals surface area contributed by atoms with Gasteiger partial charge in [0.05, 0.1) is 12.4 Å². The molecule has 198 valence electrons. The fourth-order valence-electron chi connectivity index (χ4n) is 3.75. The van der Waals surface area contributed by atoms with Crippen LogP contribution in [0, 0.1) is 0 Å². The molecule has 0 aliphatic heterocycles. The molecule has 0 aliphatic carbocycles. The molecule has 11 heteroatoms. The molecule has 1 atom stereocenters. The van der Waals surface area contributed by atoms with E-state index in [1.165, 1.54) is 23.1 Å². The molecule has 2 aromatic carbocycles. The summed E-state index contributed by atoms with van der Waals surface area (Å²) in [5, 5.41) is 14.4. The van der Waals surface area contributed by atoms with Gasteiger partial charge in [0, 0.05) is 22.0 Å². The molecule has 2 heterocycles. The number of carbonyl (C=O) groups excluding carboxylic acids is 2. The summed E-state index contributed by atoms with van der Waals surface area (Å²) in [4.78, 5) is 25.7. The van der Waals surface area contributed by atoms with E-state index in [1.807, 2.05) is 78.4 Å². The van der Waals surface area contributed by atoms with Gasteiger partial charge in [-0.05, 0) is 50.6 Å². The lowest BCUT2D eigenvalue weighted by atomic mass is 10.0. The summed E-state index contributed by atoms with van der Waals surface area (Å²) in [6.07, 6.45) is -0.332. The molecule has 1 N–H and O–H groups in total. The Morgan fingerprint density at radius 3 is 2.53 bits per heavy atom. The number of thiophene rings is 1. The van der Waals surface area contributed by atoms with E-state index in [0.29, 0.717) is 28.1 Å². The summed E-state index contributed by atoms with van der Waals surface area (Å²) in [6.45, 7) is 6.53. The second-order valence-corrected chi connectivity index (χ2v) is 10.8. The molecule has 38 heavy (non-hydrogen) atoms. The van der Waals surface area contributed by atoms with Crippen molar-refractivity contribution in [1.29, 1.82) is 0 Å². The van der Waals surface area contributed by atoms with Crippen molar-refractivity contribution in [3.05, 3.63) is 75.8 Å². The molecule has 0 fully saturated rings. The van der Waals surface area contributed by atoms with Crippen molar-refractivity contribution in [3.8, 4) is 16.9 Å². The van der Waals surface area contributed by atoms with Gasteiger partial charge < -0.3 is 19.4 Å². The molecule has 0 radical (unpaired) electrons. The minimum atomic E-state index is -0.467. The number of carbonyl (C=O) groups is 2. The zero-order chi connectivity index (χ0) is 27.1. The molecule has 0 spiro atoms. The Morgan fingerprint density at radius 1 is 1.11 bits per heavy atom. The molecule has 0 saturated carbocycles. The van der Waals surface area contributed by atoms with Gasteiger partial charge in [-0.15, -0.1) is 21.5 Å². The highest BCUT2D eigenvalue weighted by molar-refractivity contribution is 9.10. The first-order valence-corrected chi connectivity index (χ1v) is 14.7. The van der Waals surface area contributed by atoms with E-state index < -0.39 is 5.97 Å². The first kappa shape index (κ1) is 27.9. The van der Waals surface area contributed by atoms with Crippen molar-refractivity contribution in [1.82, 2.24) is 14.8 Å². The maximum absolute atomic E-state index is 12.9. The Hall–Kier alpha value is -3.15. The zero-order valence-electron chi connectivity index (χ0n) is 21.1. The van der Waals surface area contributed by atoms with Crippen molar-refractivity contribution < 1.29 is 19.1 Å². The topological polar surface area (TPSA) is 95.3 Å². The Kier molecular flexibility index (Phi) is 9.59. The van der Waals surface area contributed by atoms with Gasteiger partial charge in [0.2, 0.25) is 5.91 Å². The largest absolute Gasteiger partial charge is 0.483 e. The number of rotatable bonds is 11. The lowest BCUT2D eigenvalue weighted by Crippen LogP contribution is -2.17. The molecule has 4 rings (SSSR count). The third kappa shape index (κ3) is 6.64. The number of halogens is 1. The van der Waals surface area contributed by atoms with Crippen LogP contribution >= 0.6 is 39.0 Å². The van der Waals surface area contributed by atoms with Crippen LogP contribution in [0.1, 0.15) is 43.1 Å². The molecule has 8 nitrogen and oxygen atoms in total. The first-order valence-electron chi connectivity index (χ1n) is 12.0. The van der Waals surface area contributed by atoms with Crippen LogP contribution in [-0.2, 0) is 16.1 Å². The molecule has 2 aromatic heterocycles. The highest BCUT2D eigenvalue weighted by atomic mass is 79.9. The van der Waals surface area contributed by atoms with Crippen LogP contribution in [0.15, 0.2) is 69.6 Å². The van der Waals surface area contributed by atoms with Crippen molar-refractivity contribution in [3.63, 3.8) is 0 Å². The molecular formula is C27H27BrN4O4S2. The smallest absolute Gasteiger partial charge is 0.341 e. The summed E-state index contributed by atoms with van der Waals surface area (Å²) in [5.74, 6) is 0.775. The Labute approximate surface area is 237 Å². The normalized spacial score (nSPS) is 11.7. The van der Waals surface area contributed by atoms with Gasteiger partial charge in [0.25, 0.3) is 0 Å². The minimum Gasteiger partial charge on any atom is -0.483 e. The summed E-state index contributed by atoms with van der Waals surface area (Å²) in [5.41, 5.74) is 1.97. The number of hydrogen-bond acceptors (Lipinski definition) is 8. The molecule has 0 bridgehead atoms. The summed E-state index contributed by atoms with van der Waals surface area (Å²) in [7, 11) is 0. The number of amides is 1. The second-order valence-electron chi connectivity index (χ2n) is 8.08. The minimum absolute atomic E-state index is 0.0981. The van der Waals surface area contributed by atoms with Crippen molar-refractivity contribution in [2.75, 3.05) is 17.7 Å². The van der Waals surface area contributed by atoms with Crippen LogP contribution in [0.2, 0.25) is 0 Å². The van der Waals surface area contributed by atoms with E-state index >= 15 is 0 Å². The van der Waals surface area contributed by atoms with Gasteiger partial charge in [0.15, 0.2) is 17.1 Å². The van der Waals surface area contributed by atoms with Crippen molar-refractivity contribution in [2.24, 2.45) is 0 Å². The number of anilines is 1. The number of thioether (sulfide) groups is 1. The van der Waals surface area contributed by atoms with E-state index in [-0.39, 0.29) is 24.4 Å². The highest BCUT2D eigenvalue weighted by Gasteiger charge is 2.24. The van der Waals surface area contributed by atoms with Crippen molar-refractivity contribution in [2.45, 2.75) is 38.6 Å². The predicted octanol–water partition coefficient (Wildman–Crippen LogP) is 6.84. The van der Waals surface area contributed by atoms with Gasteiger partial charge in [0.1, 0.15) is 16.3 Å². The third-order valence-electron chi connectivity index (χ3n) is 5.49. The number of nitrogens with zero attached hydrogens (tertiary/aromatic N) is 3. The second kappa shape index (κ2) is 13.1. The Bertz CT molecular complexity index is 1390. The molecule has 0 aliphatic rings. The number of esters is 1. The van der Waals surface area contributed by atoms with Gasteiger partial charge in [-0.3, -0.25) is 4.79 Å². The third-order valence-corrected chi connectivity index (χ3v) is 7.88. The summed E-state index contributed by atoms with van der Waals surface area (Å²) in [6, 6.07) is 17.1. The standard InChI is InChI=1S/C27H27BrN4O4S2/c1-4-32-24(17(3)36-20-13-11-19(28)12-14-20)30-31-27(32)38-16-22(33)29-25-23(26(34)35-5-2)21(15-37-25)18-9-7-6-8-10-18/h6-15,17H,4-5,16H2,1-3H3,(H,29,33). The van der Waals surface area contributed by atoms with Crippen LogP contribution in [0.5, 0.6) is 5.75 Å². The van der Waals surface area contributed by atoms with Gasteiger partial charge in [-0.25, -0.2) is 4.79 Å². The van der Waals surface area contributed by atoms with E-state index in [1.54, 1.807) is 6.92 Å². The van der Waals surface area contributed by atoms with Crippen LogP contribution in [0.3, 0.4) is 0 Å². The van der Waals surface area contributed by atoms with Crippen LogP contribution < -0.4 is 10.1 Å². The molecule has 4 aromatic rings. The average Bonchev–Trinajstić information content (AvgIpc) is 3.53. The molecular weight excluding hydrogens is 588 g/mol. The lowest BCUT2D eigenvalue weighted by molar-refractivity contribution is -0.113. The number of nitrogens with one attached hydrogen (secondary N) is 1. The van der Waals surface area contributed by atoms with E-state index in [0.717, 1.165) is 21.3 Å². The number of ether oxygens (including phenoxy) is 2. The fraction of sp³-hybridized carbons (Fsp3) is 0.259. The fourth-order valence-corrected chi connectivity index (χ4v) is 5.80. The van der Waals surface area contributed by atoms with Gasteiger partial charge in [-0.2, -0.15) is 0 Å². The average molecular weight is 616 g/mol. The Morgan fingerprint density at radius 2 is 1.84 bits per heavy atom. The number of aromatic nitrogens is 3. The van der Waals surface area contributed by atoms with E-state index in [2.05, 4.69) is 31.4 Å². The molecule has 1 unspecified atom stereocenters. The van der Waals surface area contributed by atoms with Gasteiger partial charge in [-0.1, -0.05) is 58.0 Å². The van der Waals surface area contributed by atoms with Crippen LogP contribution in [0.4, 0.5) is 5.00 Å². The summed E-state index contributed by atoms with van der Waals surface area (Å²) < 4.78 is 14.2. The number of hydrogen-bond donors (Lipinski definition) is 1. The van der Waals surface area contributed by atoms with Gasteiger partial charge >= 0.3 is 5.97 Å². The van der Waals surface area contributed by atoms with Crippen LogP contribution in [0.25, 0.3) is 11.1 Å². The lowest BCUT2D eigenvalue weighted by Gasteiger charge is -2.15. The molecule has 0 saturated heterocycles. The highest BCUT2D eigenvalue weighted by Crippen LogP contribution is 2.36. The van der Waals surface area contributed by atoms with Crippen molar-refractivity contribution >= 4 is 55.9 Å². The van der Waals surface area contributed by atoms with Crippen LogP contribution in [-0.4, -0.2) is 39.0 Å². The SMILES string of the molecule is CCOC(=O)c1c(-c2ccccc2)csc1NC(=O)CSc1nnc(C(C)Oc2ccc(Br)cc2)n1CC. The first-order chi connectivity index (χ1) is 18.4. The van der Waals surface area contributed by atoms with E-state index in [4.69, 9.17) is 9.47 Å².